The van der Waals surface area contributed by atoms with Crippen molar-refractivity contribution in [3.63, 3.8) is 0 Å². The molecule has 0 fully saturated rings. The largest absolute Gasteiger partial charge is 0.497 e. The van der Waals surface area contributed by atoms with E-state index in [9.17, 15) is 9.59 Å². The van der Waals surface area contributed by atoms with Gasteiger partial charge in [-0.3, -0.25) is 9.59 Å². The molecule has 1 aliphatic carbocycles. The number of pyridine rings is 1. The number of H-pyrrole nitrogens is 1. The molecule has 126 valence electrons. The number of rotatable bonds is 4. The van der Waals surface area contributed by atoms with Gasteiger partial charge < -0.3 is 15.0 Å². The van der Waals surface area contributed by atoms with Gasteiger partial charge in [0.25, 0.3) is 11.5 Å². The summed E-state index contributed by atoms with van der Waals surface area (Å²) < 4.78 is 5.09. The number of carbonyl (C=O) groups excluding carboxylic acids is 1. The molecule has 5 heteroatoms. The highest BCUT2D eigenvalue weighted by Crippen LogP contribution is 2.24. The Morgan fingerprint density at radius 2 is 1.83 bits per heavy atom. The fraction of sp³-hybridized carbons (Fsp3) is 0.368. The molecule has 0 radical (unpaired) electrons. The van der Waals surface area contributed by atoms with E-state index in [1.807, 2.05) is 6.92 Å². The third kappa shape index (κ3) is 3.20. The zero-order chi connectivity index (χ0) is 17.1. The number of nitrogens with one attached hydrogen (secondary N) is 2. The molecule has 5 nitrogen and oxygen atoms in total. The number of ether oxygens (including phenoxy) is 1. The summed E-state index contributed by atoms with van der Waals surface area (Å²) in [5, 5.41) is 2.86. The molecular weight excluding hydrogens is 304 g/mol. The number of hydrogen-bond donors (Lipinski definition) is 2. The number of hydrogen-bond acceptors (Lipinski definition) is 3. The van der Waals surface area contributed by atoms with Gasteiger partial charge in [0.2, 0.25) is 0 Å². The summed E-state index contributed by atoms with van der Waals surface area (Å²) in [6.07, 6.45) is 4.15. The maximum absolute atomic E-state index is 12.3. The summed E-state index contributed by atoms with van der Waals surface area (Å²) in [6.45, 7) is 2.20. The molecule has 1 aliphatic rings. The summed E-state index contributed by atoms with van der Waals surface area (Å²) in [5.41, 5.74) is 4.47. The van der Waals surface area contributed by atoms with Gasteiger partial charge in [-0.1, -0.05) is 0 Å². The minimum absolute atomic E-state index is 0.0943. The molecule has 0 saturated carbocycles. The zero-order valence-electron chi connectivity index (χ0n) is 14.1. The van der Waals surface area contributed by atoms with E-state index in [1.165, 1.54) is 5.56 Å². The molecule has 1 aromatic heterocycles. The smallest absolute Gasteiger partial charge is 0.253 e. The molecule has 2 N–H and O–H groups in total. The molecule has 1 aromatic carbocycles. The van der Waals surface area contributed by atoms with Crippen molar-refractivity contribution >= 4 is 5.91 Å². The summed E-state index contributed by atoms with van der Waals surface area (Å²) in [7, 11) is 1.59. The van der Waals surface area contributed by atoms with Crippen LogP contribution in [0.4, 0.5) is 0 Å². The van der Waals surface area contributed by atoms with Crippen LogP contribution >= 0.6 is 0 Å². The van der Waals surface area contributed by atoms with Gasteiger partial charge in [0.15, 0.2) is 0 Å². The monoisotopic (exact) mass is 326 g/mol. The van der Waals surface area contributed by atoms with E-state index < -0.39 is 0 Å². The fourth-order valence-corrected chi connectivity index (χ4v) is 3.31. The van der Waals surface area contributed by atoms with E-state index in [1.54, 1.807) is 31.4 Å². The van der Waals surface area contributed by atoms with Crippen LogP contribution in [0.15, 0.2) is 29.1 Å². The third-order valence-corrected chi connectivity index (χ3v) is 4.64. The Morgan fingerprint density at radius 3 is 2.50 bits per heavy atom. The third-order valence-electron chi connectivity index (χ3n) is 4.64. The van der Waals surface area contributed by atoms with Crippen molar-refractivity contribution in [2.45, 2.75) is 39.2 Å². The van der Waals surface area contributed by atoms with Crippen LogP contribution in [0.5, 0.6) is 5.75 Å². The number of aromatic amines is 1. The SMILES string of the molecule is COc1ccc(C(=O)NCc2c3c(c(C)[nH]c2=O)CCCC3)cc1. The second-order valence-corrected chi connectivity index (χ2v) is 6.13. The van der Waals surface area contributed by atoms with Crippen LogP contribution in [-0.4, -0.2) is 18.0 Å². The van der Waals surface area contributed by atoms with Crippen LogP contribution in [-0.2, 0) is 19.4 Å². The number of carbonyl (C=O) groups is 1. The number of methoxy groups -OCH3 is 1. The number of fused-ring (bicyclic) bond motifs is 1. The van der Waals surface area contributed by atoms with Crippen molar-refractivity contribution in [3.8, 4) is 5.75 Å². The molecule has 24 heavy (non-hydrogen) atoms. The van der Waals surface area contributed by atoms with Crippen molar-refractivity contribution in [2.24, 2.45) is 0 Å². The van der Waals surface area contributed by atoms with Crippen LogP contribution in [0.2, 0.25) is 0 Å². The first-order valence-electron chi connectivity index (χ1n) is 8.26. The van der Waals surface area contributed by atoms with Crippen LogP contribution in [0.25, 0.3) is 0 Å². The minimum Gasteiger partial charge on any atom is -0.497 e. The lowest BCUT2D eigenvalue weighted by atomic mass is 9.88. The Balaban J connectivity index is 1.79. The van der Waals surface area contributed by atoms with E-state index in [4.69, 9.17) is 4.74 Å². The first-order chi connectivity index (χ1) is 11.6. The van der Waals surface area contributed by atoms with Crippen molar-refractivity contribution in [1.82, 2.24) is 10.3 Å². The Labute approximate surface area is 141 Å². The lowest BCUT2D eigenvalue weighted by Crippen LogP contribution is -2.30. The number of benzene rings is 1. The highest BCUT2D eigenvalue weighted by atomic mass is 16.5. The second-order valence-electron chi connectivity index (χ2n) is 6.13. The average Bonchev–Trinajstić information content (AvgIpc) is 2.61. The number of amides is 1. The number of aryl methyl sites for hydroxylation is 1. The maximum atomic E-state index is 12.3. The first-order valence-corrected chi connectivity index (χ1v) is 8.26. The summed E-state index contributed by atoms with van der Waals surface area (Å²) in [5.74, 6) is 0.512. The zero-order valence-corrected chi connectivity index (χ0v) is 14.1. The minimum atomic E-state index is -0.192. The Hall–Kier alpha value is -2.56. The van der Waals surface area contributed by atoms with Crippen LogP contribution in [0.3, 0.4) is 0 Å². The van der Waals surface area contributed by atoms with Crippen molar-refractivity contribution < 1.29 is 9.53 Å². The van der Waals surface area contributed by atoms with Gasteiger partial charge in [-0.2, -0.15) is 0 Å². The van der Waals surface area contributed by atoms with Gasteiger partial charge in [0, 0.05) is 23.4 Å². The van der Waals surface area contributed by atoms with Crippen molar-refractivity contribution in [2.75, 3.05) is 7.11 Å². The van der Waals surface area contributed by atoms with Gasteiger partial charge in [-0.05, 0) is 68.0 Å². The molecule has 2 aromatic rings. The van der Waals surface area contributed by atoms with Crippen LogP contribution in [0.1, 0.15) is 45.6 Å². The molecule has 0 aliphatic heterocycles. The highest BCUT2D eigenvalue weighted by Gasteiger charge is 2.19. The van der Waals surface area contributed by atoms with Crippen molar-refractivity contribution in [3.05, 3.63) is 62.6 Å². The second kappa shape index (κ2) is 6.91. The summed E-state index contributed by atoms with van der Waals surface area (Å²) in [4.78, 5) is 27.5. The van der Waals surface area contributed by atoms with Crippen LogP contribution < -0.4 is 15.6 Å². The number of aromatic nitrogens is 1. The molecule has 0 bridgehead atoms. The standard InChI is InChI=1S/C19H22N2O3/c1-12-15-5-3-4-6-16(15)17(19(23)21-12)11-20-18(22)13-7-9-14(24-2)10-8-13/h7-10H,3-6,11H2,1-2H3,(H,20,22)(H,21,23). The van der Waals surface area contributed by atoms with E-state index in [0.29, 0.717) is 16.9 Å². The van der Waals surface area contributed by atoms with Crippen molar-refractivity contribution in [1.29, 1.82) is 0 Å². The summed E-state index contributed by atoms with van der Waals surface area (Å²) in [6, 6.07) is 6.91. The molecule has 0 unspecified atom stereocenters. The van der Waals surface area contributed by atoms with Gasteiger partial charge in [-0.25, -0.2) is 0 Å². The van der Waals surface area contributed by atoms with E-state index in [-0.39, 0.29) is 18.0 Å². The van der Waals surface area contributed by atoms with E-state index in [0.717, 1.165) is 36.9 Å². The summed E-state index contributed by atoms with van der Waals surface area (Å²) >= 11 is 0. The fourth-order valence-electron chi connectivity index (χ4n) is 3.31. The van der Waals surface area contributed by atoms with Gasteiger partial charge in [0.1, 0.15) is 5.75 Å². The van der Waals surface area contributed by atoms with Gasteiger partial charge in [-0.15, -0.1) is 0 Å². The Bertz CT molecular complexity index is 807. The van der Waals surface area contributed by atoms with Crippen LogP contribution in [0, 0.1) is 6.92 Å². The molecule has 0 saturated heterocycles. The van der Waals surface area contributed by atoms with E-state index >= 15 is 0 Å². The Kier molecular flexibility index (Phi) is 4.69. The molecule has 1 amide bonds. The molecule has 0 atom stereocenters. The normalized spacial score (nSPS) is 13.2. The predicted molar refractivity (Wildman–Crippen MR) is 92.6 cm³/mol. The molecule has 3 rings (SSSR count). The maximum Gasteiger partial charge on any atom is 0.253 e. The topological polar surface area (TPSA) is 71.2 Å². The lowest BCUT2D eigenvalue weighted by molar-refractivity contribution is 0.0950. The molecule has 0 spiro atoms. The lowest BCUT2D eigenvalue weighted by Gasteiger charge is -2.21. The Morgan fingerprint density at radius 1 is 1.17 bits per heavy atom. The first kappa shape index (κ1) is 16.3. The highest BCUT2D eigenvalue weighted by molar-refractivity contribution is 5.94. The van der Waals surface area contributed by atoms with E-state index in [2.05, 4.69) is 10.3 Å². The van der Waals surface area contributed by atoms with Gasteiger partial charge in [0.05, 0.1) is 7.11 Å². The average molecular weight is 326 g/mol. The predicted octanol–water partition coefficient (Wildman–Crippen LogP) is 2.50. The molecular formula is C19H22N2O3. The van der Waals surface area contributed by atoms with Gasteiger partial charge >= 0.3 is 0 Å². The quantitative estimate of drug-likeness (QED) is 0.907. The molecule has 1 heterocycles.